The molecular formula is C27H30FN3O2. The molecule has 33 heavy (non-hydrogen) atoms. The van der Waals surface area contributed by atoms with Gasteiger partial charge in [0.2, 0.25) is 0 Å². The van der Waals surface area contributed by atoms with Gasteiger partial charge in [-0.1, -0.05) is 24.6 Å². The molecule has 172 valence electrons. The van der Waals surface area contributed by atoms with Gasteiger partial charge in [0.25, 0.3) is 11.8 Å². The molecule has 1 unspecified atom stereocenters. The maximum atomic E-state index is 14.9. The van der Waals surface area contributed by atoms with Crippen LogP contribution in [-0.4, -0.2) is 71.3 Å². The molecule has 1 atom stereocenters. The van der Waals surface area contributed by atoms with Crippen LogP contribution in [0.2, 0.25) is 0 Å². The average Bonchev–Trinajstić information content (AvgIpc) is 3.20. The van der Waals surface area contributed by atoms with E-state index in [2.05, 4.69) is 9.80 Å². The molecule has 0 radical (unpaired) electrons. The lowest BCUT2D eigenvalue weighted by atomic mass is 9.91. The molecule has 2 amide bonds. The molecule has 6 heteroatoms. The Morgan fingerprint density at radius 1 is 0.879 bits per heavy atom. The minimum atomic E-state index is -0.396. The Labute approximate surface area is 194 Å². The van der Waals surface area contributed by atoms with Crippen LogP contribution in [0.15, 0.2) is 36.4 Å². The highest BCUT2D eigenvalue weighted by Gasteiger charge is 2.37. The van der Waals surface area contributed by atoms with Crippen molar-refractivity contribution in [3.05, 3.63) is 58.9 Å². The highest BCUT2D eigenvalue weighted by atomic mass is 19.1. The lowest BCUT2D eigenvalue weighted by molar-refractivity contribution is 0.0641. The van der Waals surface area contributed by atoms with E-state index < -0.39 is 5.82 Å². The van der Waals surface area contributed by atoms with Gasteiger partial charge >= 0.3 is 0 Å². The van der Waals surface area contributed by atoms with Gasteiger partial charge in [-0.25, -0.2) is 4.39 Å². The van der Waals surface area contributed by atoms with Crippen molar-refractivity contribution >= 4 is 11.8 Å². The van der Waals surface area contributed by atoms with Crippen molar-refractivity contribution in [1.29, 1.82) is 0 Å². The number of hydrogen-bond donors (Lipinski definition) is 0. The lowest BCUT2D eigenvalue weighted by Gasteiger charge is -2.37. The summed E-state index contributed by atoms with van der Waals surface area (Å²) < 4.78 is 14.9. The first kappa shape index (κ1) is 20.8. The molecule has 0 N–H and O–H groups in total. The van der Waals surface area contributed by atoms with Crippen LogP contribution < -0.4 is 0 Å². The molecule has 1 saturated carbocycles. The van der Waals surface area contributed by atoms with E-state index in [1.807, 2.05) is 18.2 Å². The van der Waals surface area contributed by atoms with Gasteiger partial charge in [-0.05, 0) is 61.4 Å². The molecular weight excluding hydrogens is 417 g/mol. The second-order valence-electron chi connectivity index (χ2n) is 9.98. The highest BCUT2D eigenvalue weighted by Crippen LogP contribution is 2.33. The first-order valence-corrected chi connectivity index (χ1v) is 12.4. The van der Waals surface area contributed by atoms with Gasteiger partial charge in [-0.2, -0.15) is 0 Å². The van der Waals surface area contributed by atoms with Crippen LogP contribution in [0.25, 0.3) is 11.1 Å². The Bertz CT molecular complexity index is 1110. The quantitative estimate of drug-likeness (QED) is 0.713. The summed E-state index contributed by atoms with van der Waals surface area (Å²) in [5, 5.41) is 0. The van der Waals surface area contributed by atoms with Crippen LogP contribution >= 0.6 is 0 Å². The van der Waals surface area contributed by atoms with Gasteiger partial charge in [0.15, 0.2) is 0 Å². The topological polar surface area (TPSA) is 43.9 Å². The minimum Gasteiger partial charge on any atom is -0.339 e. The Hall–Kier alpha value is -2.73. The second-order valence-corrected chi connectivity index (χ2v) is 9.98. The van der Waals surface area contributed by atoms with Crippen molar-refractivity contribution in [3.8, 4) is 11.1 Å². The molecule has 5 nitrogen and oxygen atoms in total. The molecule has 2 saturated heterocycles. The van der Waals surface area contributed by atoms with Gasteiger partial charge < -0.3 is 9.80 Å². The van der Waals surface area contributed by atoms with E-state index in [-0.39, 0.29) is 11.8 Å². The standard InChI is InChI=1S/C27H30FN3O2/c28-25-16-20(26(32)29-11-2-12-29)6-7-23(25)18-5-8-24-19(15-18)9-14-31(27(24)33)22-10-13-30(17-22)21-3-1-4-21/h5-8,15-16,21-22H,1-4,9-14,17H2. The van der Waals surface area contributed by atoms with Crippen LogP contribution in [-0.2, 0) is 6.42 Å². The normalized spacial score (nSPS) is 23.3. The molecule has 4 aliphatic rings. The zero-order valence-corrected chi connectivity index (χ0v) is 18.9. The van der Waals surface area contributed by atoms with Gasteiger partial charge in [0.1, 0.15) is 5.82 Å². The lowest BCUT2D eigenvalue weighted by Crippen LogP contribution is -2.47. The van der Waals surface area contributed by atoms with E-state index in [1.165, 1.54) is 25.3 Å². The number of fused-ring (bicyclic) bond motifs is 1. The van der Waals surface area contributed by atoms with Crippen molar-refractivity contribution in [3.63, 3.8) is 0 Å². The molecule has 3 fully saturated rings. The molecule has 0 spiro atoms. The van der Waals surface area contributed by atoms with Crippen LogP contribution in [0, 0.1) is 5.82 Å². The van der Waals surface area contributed by atoms with Gasteiger partial charge in [-0.3, -0.25) is 14.5 Å². The Morgan fingerprint density at radius 3 is 2.39 bits per heavy atom. The fourth-order valence-electron chi connectivity index (χ4n) is 5.71. The van der Waals surface area contributed by atoms with Gasteiger partial charge in [0.05, 0.1) is 0 Å². The highest BCUT2D eigenvalue weighted by molar-refractivity contribution is 5.98. The predicted molar refractivity (Wildman–Crippen MR) is 125 cm³/mol. The number of halogens is 1. The van der Waals surface area contributed by atoms with Crippen molar-refractivity contribution in [2.75, 3.05) is 32.7 Å². The summed E-state index contributed by atoms with van der Waals surface area (Å²) in [5.74, 6) is -0.392. The van der Waals surface area contributed by atoms with E-state index in [0.717, 1.165) is 74.7 Å². The maximum absolute atomic E-state index is 14.9. The van der Waals surface area contributed by atoms with Crippen molar-refractivity contribution in [1.82, 2.24) is 14.7 Å². The van der Waals surface area contributed by atoms with Crippen LogP contribution in [0.3, 0.4) is 0 Å². The molecule has 1 aliphatic carbocycles. The number of hydrogen-bond acceptors (Lipinski definition) is 3. The second kappa shape index (κ2) is 8.24. The third-order valence-corrected chi connectivity index (χ3v) is 8.12. The Morgan fingerprint density at radius 2 is 1.70 bits per heavy atom. The summed E-state index contributed by atoms with van der Waals surface area (Å²) in [6.07, 6.45) is 6.80. The summed E-state index contributed by atoms with van der Waals surface area (Å²) in [4.78, 5) is 32.0. The summed E-state index contributed by atoms with van der Waals surface area (Å²) in [6, 6.07) is 11.4. The summed E-state index contributed by atoms with van der Waals surface area (Å²) >= 11 is 0. The third kappa shape index (κ3) is 3.65. The summed E-state index contributed by atoms with van der Waals surface area (Å²) in [5.41, 5.74) is 3.36. The van der Waals surface area contributed by atoms with Crippen molar-refractivity contribution < 1.29 is 14.0 Å². The fourth-order valence-corrected chi connectivity index (χ4v) is 5.71. The largest absolute Gasteiger partial charge is 0.339 e. The van der Waals surface area contributed by atoms with E-state index in [1.54, 1.807) is 17.0 Å². The van der Waals surface area contributed by atoms with Crippen molar-refractivity contribution in [2.24, 2.45) is 0 Å². The molecule has 0 bridgehead atoms. The number of benzene rings is 2. The van der Waals surface area contributed by atoms with E-state index in [0.29, 0.717) is 17.2 Å². The van der Waals surface area contributed by atoms with Gasteiger partial charge in [-0.15, -0.1) is 0 Å². The van der Waals surface area contributed by atoms with Crippen LogP contribution in [0.5, 0.6) is 0 Å². The number of amides is 2. The first-order valence-electron chi connectivity index (χ1n) is 12.4. The van der Waals surface area contributed by atoms with Crippen LogP contribution in [0.1, 0.15) is 58.4 Å². The van der Waals surface area contributed by atoms with E-state index >= 15 is 0 Å². The molecule has 6 rings (SSSR count). The molecule has 2 aromatic carbocycles. The number of carbonyl (C=O) groups excluding carboxylic acids is 2. The Kier molecular flexibility index (Phi) is 5.21. The molecule has 2 aromatic rings. The monoisotopic (exact) mass is 447 g/mol. The zero-order chi connectivity index (χ0) is 22.5. The summed E-state index contributed by atoms with van der Waals surface area (Å²) in [7, 11) is 0. The Balaban J connectivity index is 1.19. The van der Waals surface area contributed by atoms with Crippen LogP contribution in [0.4, 0.5) is 4.39 Å². The fraction of sp³-hybridized carbons (Fsp3) is 0.481. The average molecular weight is 448 g/mol. The zero-order valence-electron chi connectivity index (χ0n) is 18.9. The minimum absolute atomic E-state index is 0.106. The third-order valence-electron chi connectivity index (χ3n) is 8.12. The predicted octanol–water partition coefficient (Wildman–Crippen LogP) is 3.96. The smallest absolute Gasteiger partial charge is 0.254 e. The SMILES string of the molecule is O=C(c1ccc(-c2ccc3c(c2)CCN(C2CCN(C4CCC4)C2)C3=O)c(F)c1)N1CCC1. The first-order chi connectivity index (χ1) is 16.1. The number of rotatable bonds is 4. The van der Waals surface area contributed by atoms with Crippen molar-refractivity contribution in [2.45, 2.75) is 50.6 Å². The number of likely N-dealkylation sites (tertiary alicyclic amines) is 2. The number of carbonyl (C=O) groups is 2. The number of nitrogens with zero attached hydrogens (tertiary/aromatic N) is 3. The molecule has 0 aromatic heterocycles. The maximum Gasteiger partial charge on any atom is 0.254 e. The summed E-state index contributed by atoms with van der Waals surface area (Å²) in [6.45, 7) is 4.32. The molecule has 3 heterocycles. The molecule has 3 aliphatic heterocycles. The van der Waals surface area contributed by atoms with Gasteiger partial charge in [0, 0.05) is 61.5 Å². The van der Waals surface area contributed by atoms with E-state index in [9.17, 15) is 14.0 Å². The van der Waals surface area contributed by atoms with E-state index in [4.69, 9.17) is 0 Å².